The SMILES string of the molecule is CCOC(=O)CC1OC(CC)(CC)C(CC)=C1c1ccccc1. The number of benzene rings is 1. The molecular weight excluding hydrogens is 288 g/mol. The second-order valence-corrected chi connectivity index (χ2v) is 5.93. The summed E-state index contributed by atoms with van der Waals surface area (Å²) in [4.78, 5) is 12.0. The van der Waals surface area contributed by atoms with Gasteiger partial charge >= 0.3 is 5.97 Å². The molecular formula is C20H28O3. The van der Waals surface area contributed by atoms with E-state index >= 15 is 0 Å². The van der Waals surface area contributed by atoms with Crippen LogP contribution in [-0.4, -0.2) is 24.3 Å². The summed E-state index contributed by atoms with van der Waals surface area (Å²) in [5, 5.41) is 0. The molecule has 2 rings (SSSR count). The van der Waals surface area contributed by atoms with E-state index in [9.17, 15) is 4.79 Å². The largest absolute Gasteiger partial charge is 0.466 e. The number of carbonyl (C=O) groups is 1. The van der Waals surface area contributed by atoms with Crippen molar-refractivity contribution in [1.82, 2.24) is 0 Å². The average molecular weight is 316 g/mol. The summed E-state index contributed by atoms with van der Waals surface area (Å²) in [6.45, 7) is 8.74. The molecule has 0 saturated heterocycles. The van der Waals surface area contributed by atoms with Gasteiger partial charge in [-0.15, -0.1) is 0 Å². The molecule has 0 radical (unpaired) electrons. The minimum absolute atomic E-state index is 0.190. The summed E-state index contributed by atoms with van der Waals surface area (Å²) in [5.74, 6) is -0.190. The first-order chi connectivity index (χ1) is 11.1. The first-order valence-corrected chi connectivity index (χ1v) is 8.74. The zero-order chi connectivity index (χ0) is 16.9. The lowest BCUT2D eigenvalue weighted by molar-refractivity contribution is -0.146. The molecule has 23 heavy (non-hydrogen) atoms. The van der Waals surface area contributed by atoms with Crippen LogP contribution in [0.3, 0.4) is 0 Å². The number of ether oxygens (including phenoxy) is 2. The van der Waals surface area contributed by atoms with Crippen molar-refractivity contribution in [2.45, 2.75) is 65.1 Å². The number of hydrogen-bond acceptors (Lipinski definition) is 3. The van der Waals surface area contributed by atoms with Crippen molar-refractivity contribution in [3.63, 3.8) is 0 Å². The minimum Gasteiger partial charge on any atom is -0.466 e. The van der Waals surface area contributed by atoms with Gasteiger partial charge in [-0.2, -0.15) is 0 Å². The Morgan fingerprint density at radius 2 is 1.78 bits per heavy atom. The van der Waals surface area contributed by atoms with Crippen molar-refractivity contribution in [2.75, 3.05) is 6.61 Å². The van der Waals surface area contributed by atoms with Crippen LogP contribution in [0.2, 0.25) is 0 Å². The molecule has 3 heteroatoms. The predicted molar refractivity (Wildman–Crippen MR) is 93.1 cm³/mol. The van der Waals surface area contributed by atoms with Crippen LogP contribution in [0.5, 0.6) is 0 Å². The molecule has 0 saturated carbocycles. The van der Waals surface area contributed by atoms with Gasteiger partial charge in [-0.25, -0.2) is 0 Å². The Bertz CT molecular complexity index is 556. The maximum atomic E-state index is 12.0. The van der Waals surface area contributed by atoms with Crippen molar-refractivity contribution < 1.29 is 14.3 Å². The lowest BCUT2D eigenvalue weighted by atomic mass is 9.83. The van der Waals surface area contributed by atoms with Gasteiger partial charge in [0, 0.05) is 0 Å². The molecule has 0 spiro atoms. The van der Waals surface area contributed by atoms with Crippen LogP contribution in [0.4, 0.5) is 0 Å². The van der Waals surface area contributed by atoms with E-state index in [1.807, 2.05) is 25.1 Å². The number of carbonyl (C=O) groups excluding carboxylic acids is 1. The van der Waals surface area contributed by atoms with Crippen LogP contribution in [0, 0.1) is 0 Å². The van der Waals surface area contributed by atoms with Crippen LogP contribution in [-0.2, 0) is 14.3 Å². The van der Waals surface area contributed by atoms with E-state index in [1.165, 1.54) is 11.1 Å². The molecule has 1 aliphatic heterocycles. The van der Waals surface area contributed by atoms with Gasteiger partial charge in [0.05, 0.1) is 24.7 Å². The maximum Gasteiger partial charge on any atom is 0.308 e. The van der Waals surface area contributed by atoms with E-state index in [4.69, 9.17) is 9.47 Å². The van der Waals surface area contributed by atoms with E-state index in [2.05, 4.69) is 32.9 Å². The summed E-state index contributed by atoms with van der Waals surface area (Å²) in [6.07, 6.45) is 2.84. The Morgan fingerprint density at radius 1 is 1.13 bits per heavy atom. The Hall–Kier alpha value is -1.61. The smallest absolute Gasteiger partial charge is 0.308 e. The highest BCUT2D eigenvalue weighted by Gasteiger charge is 2.44. The fourth-order valence-corrected chi connectivity index (χ4v) is 3.69. The van der Waals surface area contributed by atoms with Crippen molar-refractivity contribution in [3.05, 3.63) is 41.5 Å². The second kappa shape index (κ2) is 7.78. The Morgan fingerprint density at radius 3 is 2.30 bits per heavy atom. The Labute approximate surface area is 139 Å². The van der Waals surface area contributed by atoms with Crippen molar-refractivity contribution in [1.29, 1.82) is 0 Å². The first-order valence-electron chi connectivity index (χ1n) is 8.74. The van der Waals surface area contributed by atoms with E-state index in [0.29, 0.717) is 6.61 Å². The van der Waals surface area contributed by atoms with Gasteiger partial charge in [-0.1, -0.05) is 51.1 Å². The van der Waals surface area contributed by atoms with Gasteiger partial charge in [0.1, 0.15) is 0 Å². The summed E-state index contributed by atoms with van der Waals surface area (Å²) in [6, 6.07) is 10.3. The molecule has 0 N–H and O–H groups in total. The third kappa shape index (κ3) is 3.50. The number of rotatable bonds is 7. The lowest BCUT2D eigenvalue weighted by Crippen LogP contribution is -2.32. The third-order valence-electron chi connectivity index (χ3n) is 4.80. The Balaban J connectivity index is 2.46. The van der Waals surface area contributed by atoms with Crippen LogP contribution in [0.1, 0.15) is 58.9 Å². The second-order valence-electron chi connectivity index (χ2n) is 5.93. The standard InChI is InChI=1S/C20H28O3/c1-5-16-19(15-12-10-9-11-13-15)17(14-18(21)22-8-4)23-20(16,6-2)7-3/h9-13,17H,5-8,14H2,1-4H3. The summed E-state index contributed by atoms with van der Waals surface area (Å²) in [7, 11) is 0. The molecule has 0 fully saturated rings. The normalized spacial score (nSPS) is 19.9. The van der Waals surface area contributed by atoms with Crippen molar-refractivity contribution in [2.24, 2.45) is 0 Å². The van der Waals surface area contributed by atoms with Gasteiger partial charge in [-0.3, -0.25) is 4.79 Å². The molecule has 3 nitrogen and oxygen atoms in total. The molecule has 1 aliphatic rings. The highest BCUT2D eigenvalue weighted by atomic mass is 16.5. The molecule has 0 bridgehead atoms. The Kier molecular flexibility index (Phi) is 6.00. The molecule has 1 aromatic carbocycles. The monoisotopic (exact) mass is 316 g/mol. The topological polar surface area (TPSA) is 35.5 Å². The highest BCUT2D eigenvalue weighted by Crippen LogP contribution is 2.47. The van der Waals surface area contributed by atoms with Gasteiger partial charge in [0.25, 0.3) is 0 Å². The molecule has 0 aliphatic carbocycles. The summed E-state index contributed by atoms with van der Waals surface area (Å²) < 4.78 is 11.6. The predicted octanol–water partition coefficient (Wildman–Crippen LogP) is 4.76. The van der Waals surface area contributed by atoms with E-state index in [1.54, 1.807) is 0 Å². The van der Waals surface area contributed by atoms with Gasteiger partial charge in [0.15, 0.2) is 0 Å². The third-order valence-corrected chi connectivity index (χ3v) is 4.80. The number of esters is 1. The van der Waals surface area contributed by atoms with E-state index in [0.717, 1.165) is 24.8 Å². The molecule has 1 aromatic rings. The van der Waals surface area contributed by atoms with Crippen LogP contribution in [0.15, 0.2) is 35.9 Å². The average Bonchev–Trinajstić information content (AvgIpc) is 2.89. The fraction of sp³-hybridized carbons (Fsp3) is 0.550. The summed E-state index contributed by atoms with van der Waals surface area (Å²) >= 11 is 0. The fourth-order valence-electron chi connectivity index (χ4n) is 3.69. The molecule has 126 valence electrons. The van der Waals surface area contributed by atoms with Crippen LogP contribution >= 0.6 is 0 Å². The molecule has 1 heterocycles. The van der Waals surface area contributed by atoms with Gasteiger partial charge < -0.3 is 9.47 Å². The first kappa shape index (κ1) is 17.7. The molecule has 0 amide bonds. The molecule has 0 aromatic heterocycles. The van der Waals surface area contributed by atoms with Gasteiger partial charge in [-0.05, 0) is 42.9 Å². The minimum atomic E-state index is -0.253. The highest BCUT2D eigenvalue weighted by molar-refractivity contribution is 5.81. The zero-order valence-electron chi connectivity index (χ0n) is 14.7. The van der Waals surface area contributed by atoms with E-state index < -0.39 is 0 Å². The van der Waals surface area contributed by atoms with Gasteiger partial charge in [0.2, 0.25) is 0 Å². The molecule has 1 atom stereocenters. The number of hydrogen-bond donors (Lipinski definition) is 0. The van der Waals surface area contributed by atoms with Crippen molar-refractivity contribution in [3.8, 4) is 0 Å². The van der Waals surface area contributed by atoms with Crippen LogP contribution in [0.25, 0.3) is 5.57 Å². The molecule has 1 unspecified atom stereocenters. The summed E-state index contributed by atoms with van der Waals surface area (Å²) in [5.41, 5.74) is 3.42. The van der Waals surface area contributed by atoms with Crippen LogP contribution < -0.4 is 0 Å². The zero-order valence-corrected chi connectivity index (χ0v) is 14.7. The quantitative estimate of drug-likeness (QED) is 0.680. The van der Waals surface area contributed by atoms with E-state index in [-0.39, 0.29) is 24.1 Å². The maximum absolute atomic E-state index is 12.0. The lowest BCUT2D eigenvalue weighted by Gasteiger charge is -2.30. The van der Waals surface area contributed by atoms with Crippen molar-refractivity contribution >= 4 is 11.5 Å².